The molecule has 0 amide bonds. The lowest BCUT2D eigenvalue weighted by Crippen LogP contribution is -2.03. The molecule has 0 fully saturated rings. The number of methoxy groups -OCH3 is 3. The van der Waals surface area contributed by atoms with Crippen molar-refractivity contribution in [3.8, 4) is 11.5 Å². The third-order valence-corrected chi connectivity index (χ3v) is 3.90. The normalized spacial score (nSPS) is 10.5. The van der Waals surface area contributed by atoms with Crippen LogP contribution in [0.2, 0.25) is 5.02 Å². The molecule has 0 unspecified atom stereocenters. The quantitative estimate of drug-likeness (QED) is 0.527. The second-order valence-corrected chi connectivity index (χ2v) is 5.77. The van der Waals surface area contributed by atoms with Crippen molar-refractivity contribution in [2.75, 3.05) is 21.3 Å². The zero-order valence-corrected chi connectivity index (χ0v) is 15.9. The van der Waals surface area contributed by atoms with E-state index in [2.05, 4.69) is 4.74 Å². The summed E-state index contributed by atoms with van der Waals surface area (Å²) < 4.78 is 20.2. The van der Waals surface area contributed by atoms with Crippen LogP contribution in [0.5, 0.6) is 11.5 Å². The largest absolute Gasteiger partial charge is 0.493 e. The van der Waals surface area contributed by atoms with Crippen molar-refractivity contribution in [2.45, 2.75) is 6.61 Å². The van der Waals surface area contributed by atoms with Gasteiger partial charge in [0, 0.05) is 6.08 Å². The second-order valence-electron chi connectivity index (χ2n) is 5.37. The van der Waals surface area contributed by atoms with E-state index in [0.717, 1.165) is 5.56 Å². The molecule has 0 spiro atoms. The number of halogens is 1. The molecule has 0 aliphatic carbocycles. The van der Waals surface area contributed by atoms with Crippen molar-refractivity contribution in [2.24, 2.45) is 0 Å². The first-order chi connectivity index (χ1) is 13.0. The number of carbonyl (C=O) groups is 2. The standard InChI is InChI=1S/C20H19ClO6/c1-24-17-11-14(10-16(21)19(17)25-2)6-9-18(22)27-12-13-4-7-15(8-5-13)20(23)26-3/h4-11H,12H2,1-3H3/b9-6+. The van der Waals surface area contributed by atoms with Crippen LogP contribution in [0.3, 0.4) is 0 Å². The van der Waals surface area contributed by atoms with Gasteiger partial charge >= 0.3 is 11.9 Å². The van der Waals surface area contributed by atoms with Gasteiger partial charge in [-0.15, -0.1) is 0 Å². The number of esters is 2. The van der Waals surface area contributed by atoms with Crippen LogP contribution < -0.4 is 9.47 Å². The summed E-state index contributed by atoms with van der Waals surface area (Å²) in [5, 5.41) is 0.371. The maximum Gasteiger partial charge on any atom is 0.337 e. The Labute approximate surface area is 162 Å². The zero-order chi connectivity index (χ0) is 19.8. The lowest BCUT2D eigenvalue weighted by atomic mass is 10.1. The molecule has 27 heavy (non-hydrogen) atoms. The summed E-state index contributed by atoms with van der Waals surface area (Å²) in [6.45, 7) is 0.0807. The van der Waals surface area contributed by atoms with Gasteiger partial charge in [-0.25, -0.2) is 9.59 Å². The summed E-state index contributed by atoms with van der Waals surface area (Å²) in [6, 6.07) is 9.94. The Bertz CT molecular complexity index is 842. The van der Waals surface area contributed by atoms with E-state index in [1.807, 2.05) is 0 Å². The van der Waals surface area contributed by atoms with Crippen molar-refractivity contribution in [1.82, 2.24) is 0 Å². The molecule has 0 saturated heterocycles. The Morgan fingerprint density at radius 1 is 1.04 bits per heavy atom. The number of hydrogen-bond acceptors (Lipinski definition) is 6. The minimum absolute atomic E-state index is 0.0807. The Morgan fingerprint density at radius 3 is 2.33 bits per heavy atom. The van der Waals surface area contributed by atoms with E-state index in [0.29, 0.717) is 27.6 Å². The first kappa shape index (κ1) is 20.3. The SMILES string of the molecule is COC(=O)c1ccc(COC(=O)/C=C/c2cc(Cl)c(OC)c(OC)c2)cc1. The van der Waals surface area contributed by atoms with Gasteiger partial charge in [0.05, 0.1) is 31.9 Å². The average molecular weight is 391 g/mol. The predicted molar refractivity (Wildman–Crippen MR) is 101 cm³/mol. The third kappa shape index (κ3) is 5.49. The van der Waals surface area contributed by atoms with Crippen molar-refractivity contribution in [1.29, 1.82) is 0 Å². The first-order valence-electron chi connectivity index (χ1n) is 7.92. The Hall–Kier alpha value is -2.99. The molecule has 0 aliphatic heterocycles. The number of ether oxygens (including phenoxy) is 4. The number of rotatable bonds is 7. The molecule has 0 atom stereocenters. The van der Waals surface area contributed by atoms with E-state index >= 15 is 0 Å². The summed E-state index contributed by atoms with van der Waals surface area (Å²) >= 11 is 6.13. The minimum atomic E-state index is -0.516. The molecule has 0 heterocycles. The van der Waals surface area contributed by atoms with Gasteiger partial charge in [0.2, 0.25) is 0 Å². The van der Waals surface area contributed by atoms with Gasteiger partial charge in [-0.1, -0.05) is 23.7 Å². The molecular formula is C20H19ClO6. The lowest BCUT2D eigenvalue weighted by molar-refractivity contribution is -0.138. The van der Waals surface area contributed by atoms with E-state index in [1.165, 1.54) is 27.4 Å². The second kappa shape index (κ2) is 9.64. The number of carbonyl (C=O) groups excluding carboxylic acids is 2. The summed E-state index contributed by atoms with van der Waals surface area (Å²) in [5.74, 6) is -0.0500. The smallest absolute Gasteiger partial charge is 0.337 e. The Balaban J connectivity index is 1.97. The van der Waals surface area contributed by atoms with Gasteiger partial charge in [0.1, 0.15) is 6.61 Å². The van der Waals surface area contributed by atoms with Gasteiger partial charge in [0.25, 0.3) is 0 Å². The maximum absolute atomic E-state index is 11.9. The van der Waals surface area contributed by atoms with Crippen LogP contribution in [0.1, 0.15) is 21.5 Å². The molecule has 0 aromatic heterocycles. The highest BCUT2D eigenvalue weighted by Crippen LogP contribution is 2.36. The van der Waals surface area contributed by atoms with Crippen molar-refractivity contribution >= 4 is 29.6 Å². The summed E-state index contributed by atoms with van der Waals surface area (Å²) in [5.41, 5.74) is 1.84. The van der Waals surface area contributed by atoms with E-state index in [4.69, 9.17) is 25.8 Å². The van der Waals surface area contributed by atoms with Crippen LogP contribution in [0.15, 0.2) is 42.5 Å². The van der Waals surface area contributed by atoms with E-state index in [1.54, 1.807) is 42.5 Å². The summed E-state index contributed by atoms with van der Waals surface area (Å²) in [7, 11) is 4.31. The molecule has 2 aromatic rings. The summed E-state index contributed by atoms with van der Waals surface area (Å²) in [4.78, 5) is 23.3. The Morgan fingerprint density at radius 2 is 1.74 bits per heavy atom. The third-order valence-electron chi connectivity index (χ3n) is 3.62. The van der Waals surface area contributed by atoms with Gasteiger partial charge in [-0.05, 0) is 41.5 Å². The number of benzene rings is 2. The van der Waals surface area contributed by atoms with Gasteiger partial charge in [-0.3, -0.25) is 0 Å². The topological polar surface area (TPSA) is 71.1 Å². The molecule has 0 radical (unpaired) electrons. The van der Waals surface area contributed by atoms with E-state index in [-0.39, 0.29) is 6.61 Å². The predicted octanol–water partition coefficient (Wildman–Crippen LogP) is 3.90. The molecule has 2 aromatic carbocycles. The first-order valence-corrected chi connectivity index (χ1v) is 8.30. The highest BCUT2D eigenvalue weighted by molar-refractivity contribution is 6.32. The Kier molecular flexibility index (Phi) is 7.25. The lowest BCUT2D eigenvalue weighted by Gasteiger charge is -2.10. The zero-order valence-electron chi connectivity index (χ0n) is 15.2. The average Bonchev–Trinajstić information content (AvgIpc) is 2.69. The van der Waals surface area contributed by atoms with E-state index in [9.17, 15) is 9.59 Å². The molecule has 7 heteroatoms. The monoisotopic (exact) mass is 390 g/mol. The van der Waals surface area contributed by atoms with Crippen molar-refractivity contribution < 1.29 is 28.5 Å². The highest BCUT2D eigenvalue weighted by Gasteiger charge is 2.10. The van der Waals surface area contributed by atoms with Crippen molar-refractivity contribution in [3.63, 3.8) is 0 Å². The molecular weight excluding hydrogens is 372 g/mol. The molecule has 0 N–H and O–H groups in total. The van der Waals surface area contributed by atoms with Crippen LogP contribution in [0, 0.1) is 0 Å². The fourth-order valence-corrected chi connectivity index (χ4v) is 2.55. The van der Waals surface area contributed by atoms with Crippen LogP contribution in [0.4, 0.5) is 0 Å². The molecule has 0 bridgehead atoms. The van der Waals surface area contributed by atoms with Crippen LogP contribution in [0.25, 0.3) is 6.08 Å². The summed E-state index contributed by atoms with van der Waals surface area (Å²) in [6.07, 6.45) is 2.86. The highest BCUT2D eigenvalue weighted by atomic mass is 35.5. The van der Waals surface area contributed by atoms with E-state index < -0.39 is 11.9 Å². The maximum atomic E-state index is 11.9. The fraction of sp³-hybridized carbons (Fsp3) is 0.200. The van der Waals surface area contributed by atoms with Gasteiger partial charge < -0.3 is 18.9 Å². The van der Waals surface area contributed by atoms with Crippen LogP contribution in [-0.4, -0.2) is 33.3 Å². The van der Waals surface area contributed by atoms with Gasteiger partial charge in [-0.2, -0.15) is 0 Å². The van der Waals surface area contributed by atoms with Gasteiger partial charge in [0.15, 0.2) is 11.5 Å². The van der Waals surface area contributed by atoms with Crippen LogP contribution >= 0.6 is 11.6 Å². The fourth-order valence-electron chi connectivity index (χ4n) is 2.26. The molecule has 6 nitrogen and oxygen atoms in total. The van der Waals surface area contributed by atoms with Crippen LogP contribution in [-0.2, 0) is 20.9 Å². The molecule has 2 rings (SSSR count). The number of hydrogen-bond donors (Lipinski definition) is 0. The minimum Gasteiger partial charge on any atom is -0.493 e. The van der Waals surface area contributed by atoms with Crippen molar-refractivity contribution in [3.05, 3.63) is 64.2 Å². The molecule has 142 valence electrons. The molecule has 0 aliphatic rings. The molecule has 0 saturated carbocycles.